The fourth-order valence-electron chi connectivity index (χ4n) is 2.89. The number of aromatic nitrogens is 2. The lowest BCUT2D eigenvalue weighted by Gasteiger charge is -2.15. The Morgan fingerprint density at radius 3 is 2.30 bits per heavy atom. The number of nitrogens with one attached hydrogen (secondary N) is 1. The van der Waals surface area contributed by atoms with Gasteiger partial charge in [0.1, 0.15) is 0 Å². The van der Waals surface area contributed by atoms with Crippen molar-refractivity contribution in [3.05, 3.63) is 77.5 Å². The molecular formula is C19H19N3O. The summed E-state index contributed by atoms with van der Waals surface area (Å²) in [6, 6.07) is 19.8. The number of carbonyl (C=O) groups excluding carboxylic acids is 1. The van der Waals surface area contributed by atoms with E-state index < -0.39 is 5.92 Å². The number of hydrogen-bond acceptors (Lipinski definition) is 2. The number of aromatic amines is 1. The van der Waals surface area contributed by atoms with Crippen molar-refractivity contribution >= 4 is 5.91 Å². The predicted molar refractivity (Wildman–Crippen MR) is 90.8 cm³/mol. The number of nitrogens with two attached hydrogens (primary N) is 1. The van der Waals surface area contributed by atoms with E-state index >= 15 is 0 Å². The summed E-state index contributed by atoms with van der Waals surface area (Å²) in [4.78, 5) is 12.1. The number of aryl methyl sites for hydroxylation is 1. The molecule has 0 fully saturated rings. The lowest BCUT2D eigenvalue weighted by Crippen LogP contribution is -2.24. The van der Waals surface area contributed by atoms with Gasteiger partial charge in [-0.15, -0.1) is 0 Å². The van der Waals surface area contributed by atoms with Gasteiger partial charge < -0.3 is 5.73 Å². The zero-order valence-electron chi connectivity index (χ0n) is 13.0. The van der Waals surface area contributed by atoms with E-state index in [4.69, 9.17) is 5.73 Å². The van der Waals surface area contributed by atoms with Crippen molar-refractivity contribution in [2.75, 3.05) is 0 Å². The largest absolute Gasteiger partial charge is 0.369 e. The van der Waals surface area contributed by atoms with Crippen LogP contribution in [0.15, 0.2) is 60.7 Å². The third-order valence-electron chi connectivity index (χ3n) is 4.03. The van der Waals surface area contributed by atoms with Crippen LogP contribution in [-0.2, 0) is 11.2 Å². The zero-order valence-corrected chi connectivity index (χ0v) is 13.0. The molecule has 4 nitrogen and oxygen atoms in total. The van der Waals surface area contributed by atoms with Crippen molar-refractivity contribution in [1.29, 1.82) is 0 Å². The first-order valence-electron chi connectivity index (χ1n) is 7.60. The summed E-state index contributed by atoms with van der Waals surface area (Å²) in [5.41, 5.74) is 10.3. The lowest BCUT2D eigenvalue weighted by molar-refractivity contribution is -0.119. The van der Waals surface area contributed by atoms with E-state index in [0.29, 0.717) is 6.42 Å². The third kappa shape index (κ3) is 3.16. The Balaban J connectivity index is 2.04. The van der Waals surface area contributed by atoms with E-state index in [1.54, 1.807) is 0 Å². The Kier molecular flexibility index (Phi) is 4.24. The fraction of sp³-hybridized carbons (Fsp3) is 0.158. The van der Waals surface area contributed by atoms with Gasteiger partial charge in [-0.05, 0) is 24.5 Å². The lowest BCUT2D eigenvalue weighted by atomic mass is 9.88. The maximum atomic E-state index is 12.1. The number of primary amides is 1. The number of amides is 1. The summed E-state index contributed by atoms with van der Waals surface area (Å²) in [5.74, 6) is -0.748. The Bertz CT molecular complexity index is 794. The smallest absolute Gasteiger partial charge is 0.225 e. The van der Waals surface area contributed by atoms with Crippen molar-refractivity contribution in [3.8, 4) is 11.3 Å². The first-order chi connectivity index (χ1) is 11.2. The standard InChI is InChI=1S/C19H19N3O/c1-13-17(18(22-21-13)15-10-6-3-7-11-15)16(19(20)23)12-14-8-4-2-5-9-14/h2-11,16H,12H2,1H3,(H2,20,23)(H,21,22). The average Bonchev–Trinajstić information content (AvgIpc) is 2.95. The van der Waals surface area contributed by atoms with Gasteiger partial charge in [-0.1, -0.05) is 60.7 Å². The minimum absolute atomic E-state index is 0.337. The molecule has 4 heteroatoms. The molecule has 0 aliphatic carbocycles. The molecule has 2 aromatic carbocycles. The number of benzene rings is 2. The van der Waals surface area contributed by atoms with Gasteiger partial charge in [0.05, 0.1) is 17.3 Å². The van der Waals surface area contributed by atoms with Gasteiger partial charge in [0.15, 0.2) is 0 Å². The Morgan fingerprint density at radius 1 is 1.09 bits per heavy atom. The quantitative estimate of drug-likeness (QED) is 0.760. The molecule has 116 valence electrons. The number of rotatable bonds is 5. The van der Waals surface area contributed by atoms with E-state index in [9.17, 15) is 4.79 Å². The van der Waals surface area contributed by atoms with Crippen LogP contribution in [0.5, 0.6) is 0 Å². The summed E-state index contributed by atoms with van der Waals surface area (Å²) in [7, 11) is 0. The van der Waals surface area contributed by atoms with E-state index in [0.717, 1.165) is 28.1 Å². The van der Waals surface area contributed by atoms with Gasteiger partial charge in [0.2, 0.25) is 5.91 Å². The van der Waals surface area contributed by atoms with E-state index in [-0.39, 0.29) is 5.91 Å². The molecule has 0 aliphatic heterocycles. The molecular weight excluding hydrogens is 286 g/mol. The SMILES string of the molecule is Cc1n[nH]c(-c2ccccc2)c1C(Cc1ccccc1)C(N)=O. The highest BCUT2D eigenvalue weighted by Gasteiger charge is 2.26. The van der Waals surface area contributed by atoms with Crippen molar-refractivity contribution in [3.63, 3.8) is 0 Å². The average molecular weight is 305 g/mol. The molecule has 0 spiro atoms. The summed E-state index contributed by atoms with van der Waals surface area (Å²) < 4.78 is 0. The van der Waals surface area contributed by atoms with Gasteiger partial charge in [-0.2, -0.15) is 5.10 Å². The topological polar surface area (TPSA) is 71.8 Å². The van der Waals surface area contributed by atoms with E-state index in [1.165, 1.54) is 0 Å². The molecule has 0 saturated carbocycles. The van der Waals surface area contributed by atoms with E-state index in [2.05, 4.69) is 10.2 Å². The van der Waals surface area contributed by atoms with Crippen LogP contribution in [0.3, 0.4) is 0 Å². The van der Waals surface area contributed by atoms with Crippen LogP contribution in [0.2, 0.25) is 0 Å². The van der Waals surface area contributed by atoms with Gasteiger partial charge in [0, 0.05) is 5.56 Å². The second-order valence-corrected chi connectivity index (χ2v) is 5.61. The molecule has 0 saturated heterocycles. The monoisotopic (exact) mass is 305 g/mol. The van der Waals surface area contributed by atoms with Gasteiger partial charge in [-0.25, -0.2) is 0 Å². The summed E-state index contributed by atoms with van der Waals surface area (Å²) >= 11 is 0. The van der Waals surface area contributed by atoms with E-state index in [1.807, 2.05) is 67.6 Å². The van der Waals surface area contributed by atoms with Gasteiger partial charge in [0.25, 0.3) is 0 Å². The minimum atomic E-state index is -0.411. The number of H-pyrrole nitrogens is 1. The van der Waals surface area contributed by atoms with Crippen LogP contribution in [-0.4, -0.2) is 16.1 Å². The third-order valence-corrected chi connectivity index (χ3v) is 4.03. The first-order valence-corrected chi connectivity index (χ1v) is 7.60. The summed E-state index contributed by atoms with van der Waals surface area (Å²) in [6.45, 7) is 1.90. The van der Waals surface area contributed by atoms with Crippen LogP contribution >= 0.6 is 0 Å². The van der Waals surface area contributed by atoms with Crippen molar-refractivity contribution in [2.45, 2.75) is 19.3 Å². The van der Waals surface area contributed by atoms with Gasteiger partial charge >= 0.3 is 0 Å². The predicted octanol–water partition coefficient (Wildman–Crippen LogP) is 3.20. The highest BCUT2D eigenvalue weighted by Crippen LogP contribution is 2.32. The molecule has 0 radical (unpaired) electrons. The maximum Gasteiger partial charge on any atom is 0.225 e. The molecule has 1 aromatic heterocycles. The molecule has 0 aliphatic rings. The van der Waals surface area contributed by atoms with Crippen LogP contribution in [0.1, 0.15) is 22.7 Å². The summed E-state index contributed by atoms with van der Waals surface area (Å²) in [5, 5.41) is 7.36. The molecule has 0 bridgehead atoms. The van der Waals surface area contributed by atoms with Crippen molar-refractivity contribution in [1.82, 2.24) is 10.2 Å². The highest BCUT2D eigenvalue weighted by atomic mass is 16.1. The van der Waals surface area contributed by atoms with Crippen molar-refractivity contribution < 1.29 is 4.79 Å². The Hall–Kier alpha value is -2.88. The molecule has 1 amide bonds. The Labute approximate surface area is 135 Å². The van der Waals surface area contributed by atoms with Crippen LogP contribution in [0.4, 0.5) is 0 Å². The first kappa shape index (κ1) is 15.0. The second kappa shape index (κ2) is 6.48. The number of nitrogens with zero attached hydrogens (tertiary/aromatic N) is 1. The normalized spacial score (nSPS) is 12.0. The maximum absolute atomic E-state index is 12.1. The van der Waals surface area contributed by atoms with Crippen LogP contribution in [0.25, 0.3) is 11.3 Å². The van der Waals surface area contributed by atoms with Crippen LogP contribution in [0, 0.1) is 6.92 Å². The Morgan fingerprint density at radius 2 is 1.70 bits per heavy atom. The molecule has 1 unspecified atom stereocenters. The molecule has 1 heterocycles. The molecule has 3 aromatic rings. The zero-order chi connectivity index (χ0) is 16.2. The minimum Gasteiger partial charge on any atom is -0.369 e. The second-order valence-electron chi connectivity index (χ2n) is 5.61. The molecule has 3 rings (SSSR count). The van der Waals surface area contributed by atoms with Gasteiger partial charge in [-0.3, -0.25) is 9.89 Å². The molecule has 3 N–H and O–H groups in total. The van der Waals surface area contributed by atoms with Crippen LogP contribution < -0.4 is 5.73 Å². The fourth-order valence-corrected chi connectivity index (χ4v) is 2.89. The summed E-state index contributed by atoms with van der Waals surface area (Å²) in [6.07, 6.45) is 0.566. The highest BCUT2D eigenvalue weighted by molar-refractivity contribution is 5.85. The molecule has 23 heavy (non-hydrogen) atoms. The number of carbonyl (C=O) groups is 1. The number of hydrogen-bond donors (Lipinski definition) is 2. The van der Waals surface area contributed by atoms with Crippen molar-refractivity contribution in [2.24, 2.45) is 5.73 Å². The molecule has 1 atom stereocenters.